The van der Waals surface area contributed by atoms with E-state index in [9.17, 15) is 9.59 Å². The highest BCUT2D eigenvalue weighted by Gasteiger charge is 2.34. The molecular weight excluding hydrogens is 270 g/mol. The Hall–Kier alpha value is -1.77. The lowest BCUT2D eigenvalue weighted by Crippen LogP contribution is -2.47. The van der Waals surface area contributed by atoms with Gasteiger partial charge in [-0.15, -0.1) is 11.8 Å². The van der Waals surface area contributed by atoms with Crippen LogP contribution < -0.4 is 5.32 Å². The average Bonchev–Trinajstić information content (AvgIpc) is 2.97. The average molecular weight is 285 g/mol. The number of aryl methyl sites for hydroxylation is 1. The summed E-state index contributed by atoms with van der Waals surface area (Å²) < 4.78 is 1.59. The second-order valence-electron chi connectivity index (χ2n) is 4.14. The normalized spacial score (nSPS) is 18.6. The maximum atomic E-state index is 11.8. The third-order valence-corrected chi connectivity index (χ3v) is 3.71. The van der Waals surface area contributed by atoms with Crippen molar-refractivity contribution in [3.8, 4) is 0 Å². The Morgan fingerprint density at radius 1 is 1.63 bits per heavy atom. The zero-order valence-corrected chi connectivity index (χ0v) is 11.3. The van der Waals surface area contributed by atoms with E-state index in [0.29, 0.717) is 30.4 Å². The van der Waals surface area contributed by atoms with Crippen LogP contribution in [0.15, 0.2) is 6.33 Å². The third kappa shape index (κ3) is 3.37. The third-order valence-electron chi connectivity index (χ3n) is 2.70. The van der Waals surface area contributed by atoms with Crippen molar-refractivity contribution in [3.05, 3.63) is 12.2 Å². The maximum Gasteiger partial charge on any atom is 0.327 e. The molecule has 1 atom stereocenters. The molecule has 0 bridgehead atoms. The zero-order chi connectivity index (χ0) is 13.8. The molecule has 0 aromatic carbocycles. The summed E-state index contributed by atoms with van der Waals surface area (Å²) in [6.07, 6.45) is 2.11. The van der Waals surface area contributed by atoms with Crippen LogP contribution >= 0.6 is 11.8 Å². The second kappa shape index (κ2) is 5.91. The molecule has 19 heavy (non-hydrogen) atoms. The molecule has 1 aliphatic rings. The maximum absolute atomic E-state index is 11.8. The Bertz CT molecular complexity index is 477. The van der Waals surface area contributed by atoms with Crippen LogP contribution in [0.4, 0.5) is 4.79 Å². The van der Waals surface area contributed by atoms with Gasteiger partial charge in [0, 0.05) is 25.8 Å². The van der Waals surface area contributed by atoms with Gasteiger partial charge in [-0.05, 0) is 0 Å². The number of amides is 2. The quantitative estimate of drug-likeness (QED) is 0.775. The Labute approximate surface area is 114 Å². The smallest absolute Gasteiger partial charge is 0.327 e. The van der Waals surface area contributed by atoms with Gasteiger partial charge >= 0.3 is 12.0 Å². The molecule has 0 radical (unpaired) electrons. The highest BCUT2D eigenvalue weighted by atomic mass is 32.2. The molecule has 1 aromatic rings. The van der Waals surface area contributed by atoms with Crippen molar-refractivity contribution in [2.45, 2.75) is 12.5 Å². The fourth-order valence-corrected chi connectivity index (χ4v) is 2.87. The van der Waals surface area contributed by atoms with Crippen molar-refractivity contribution in [1.82, 2.24) is 25.0 Å². The van der Waals surface area contributed by atoms with Gasteiger partial charge in [0.05, 0.1) is 5.88 Å². The predicted octanol–water partition coefficient (Wildman–Crippen LogP) is -0.473. The molecule has 8 nitrogen and oxygen atoms in total. The Morgan fingerprint density at radius 2 is 2.42 bits per heavy atom. The lowest BCUT2D eigenvalue weighted by atomic mass is 10.3. The van der Waals surface area contributed by atoms with Crippen molar-refractivity contribution in [2.24, 2.45) is 7.05 Å². The minimum atomic E-state index is -0.966. The van der Waals surface area contributed by atoms with E-state index in [0.717, 1.165) is 0 Å². The number of aromatic nitrogens is 3. The number of urea groups is 1. The van der Waals surface area contributed by atoms with Crippen LogP contribution in [0.2, 0.25) is 0 Å². The number of carbonyl (C=O) groups excluding carboxylic acids is 1. The van der Waals surface area contributed by atoms with E-state index >= 15 is 0 Å². The molecule has 0 aliphatic carbocycles. The molecular formula is C10H15N5O3S. The van der Waals surface area contributed by atoms with Gasteiger partial charge in [-0.2, -0.15) is 5.10 Å². The molecule has 0 saturated carbocycles. The first-order valence-corrected chi connectivity index (χ1v) is 6.93. The van der Waals surface area contributed by atoms with Crippen molar-refractivity contribution >= 4 is 23.8 Å². The van der Waals surface area contributed by atoms with E-state index in [-0.39, 0.29) is 6.03 Å². The number of rotatable bonds is 4. The minimum absolute atomic E-state index is 0.353. The largest absolute Gasteiger partial charge is 0.480 e. The van der Waals surface area contributed by atoms with Crippen LogP contribution in [0.5, 0.6) is 0 Å². The molecule has 2 amide bonds. The molecule has 104 valence electrons. The van der Waals surface area contributed by atoms with E-state index in [1.165, 1.54) is 16.7 Å². The SMILES string of the molecule is Cn1cnc(CCNC(=O)N2CSC[C@H]2C(=O)O)n1. The van der Waals surface area contributed by atoms with Crippen LogP contribution in [0, 0.1) is 0 Å². The number of thioether (sulfide) groups is 1. The van der Waals surface area contributed by atoms with Crippen molar-refractivity contribution in [3.63, 3.8) is 0 Å². The fourth-order valence-electron chi connectivity index (χ4n) is 1.73. The Kier molecular flexibility index (Phi) is 4.25. The van der Waals surface area contributed by atoms with Gasteiger partial charge in [-0.25, -0.2) is 14.6 Å². The van der Waals surface area contributed by atoms with Crippen LogP contribution in [0.3, 0.4) is 0 Å². The standard InChI is InChI=1S/C10H15N5O3S/c1-14-5-12-8(13-14)2-3-11-10(18)15-6-19-4-7(15)9(16)17/h5,7H,2-4,6H2,1H3,(H,11,18)(H,16,17)/t7-/m0/s1. The molecule has 1 fully saturated rings. The number of hydrogen-bond acceptors (Lipinski definition) is 5. The molecule has 2 heterocycles. The predicted molar refractivity (Wildman–Crippen MR) is 68.7 cm³/mol. The summed E-state index contributed by atoms with van der Waals surface area (Å²) in [4.78, 5) is 28.2. The van der Waals surface area contributed by atoms with Crippen LogP contribution in [-0.4, -0.2) is 61.0 Å². The van der Waals surface area contributed by atoms with Gasteiger partial charge in [0.15, 0.2) is 5.82 Å². The van der Waals surface area contributed by atoms with E-state index in [1.54, 1.807) is 18.1 Å². The minimum Gasteiger partial charge on any atom is -0.480 e. The number of aliphatic carboxylic acids is 1. The fraction of sp³-hybridized carbons (Fsp3) is 0.600. The van der Waals surface area contributed by atoms with Gasteiger partial charge < -0.3 is 15.3 Å². The summed E-state index contributed by atoms with van der Waals surface area (Å²) in [7, 11) is 1.77. The molecule has 0 unspecified atom stereocenters. The highest BCUT2D eigenvalue weighted by molar-refractivity contribution is 7.99. The van der Waals surface area contributed by atoms with Crippen molar-refractivity contribution in [2.75, 3.05) is 18.2 Å². The molecule has 0 spiro atoms. The summed E-state index contributed by atoms with van der Waals surface area (Å²) in [5, 5.41) is 15.8. The summed E-state index contributed by atoms with van der Waals surface area (Å²) >= 11 is 1.44. The summed E-state index contributed by atoms with van der Waals surface area (Å²) in [5.74, 6) is 0.523. The van der Waals surface area contributed by atoms with E-state index in [4.69, 9.17) is 5.11 Å². The van der Waals surface area contributed by atoms with E-state index in [1.807, 2.05) is 0 Å². The van der Waals surface area contributed by atoms with Gasteiger partial charge in [0.25, 0.3) is 0 Å². The second-order valence-corrected chi connectivity index (χ2v) is 5.14. The van der Waals surface area contributed by atoms with E-state index < -0.39 is 12.0 Å². The first-order valence-electron chi connectivity index (χ1n) is 5.77. The number of hydrogen-bond donors (Lipinski definition) is 2. The number of carboxylic acids is 1. The van der Waals surface area contributed by atoms with Crippen LogP contribution in [-0.2, 0) is 18.3 Å². The van der Waals surface area contributed by atoms with Crippen LogP contribution in [0.25, 0.3) is 0 Å². The number of carboxylic acid groups (broad SMARTS) is 1. The monoisotopic (exact) mass is 285 g/mol. The first kappa shape index (κ1) is 13.7. The summed E-state index contributed by atoms with van der Waals surface area (Å²) in [6.45, 7) is 0.385. The van der Waals surface area contributed by atoms with Gasteiger partial charge in [0.2, 0.25) is 0 Å². The topological polar surface area (TPSA) is 100 Å². The highest BCUT2D eigenvalue weighted by Crippen LogP contribution is 2.20. The van der Waals surface area contributed by atoms with Gasteiger partial charge in [-0.1, -0.05) is 0 Å². The first-order chi connectivity index (χ1) is 9.08. The number of carbonyl (C=O) groups is 2. The molecule has 9 heteroatoms. The lowest BCUT2D eigenvalue weighted by Gasteiger charge is -2.20. The number of nitrogens with one attached hydrogen (secondary N) is 1. The van der Waals surface area contributed by atoms with Crippen molar-refractivity contribution < 1.29 is 14.7 Å². The van der Waals surface area contributed by atoms with Crippen LogP contribution in [0.1, 0.15) is 5.82 Å². The summed E-state index contributed by atoms with van der Waals surface area (Å²) in [6, 6.07) is -1.09. The molecule has 1 aliphatic heterocycles. The Balaban J connectivity index is 1.79. The lowest BCUT2D eigenvalue weighted by molar-refractivity contribution is -0.140. The van der Waals surface area contributed by atoms with E-state index in [2.05, 4.69) is 15.4 Å². The summed E-state index contributed by atoms with van der Waals surface area (Å²) in [5.41, 5.74) is 0. The molecule has 1 saturated heterocycles. The molecule has 2 rings (SSSR count). The Morgan fingerprint density at radius 3 is 3.05 bits per heavy atom. The van der Waals surface area contributed by atoms with Gasteiger partial charge in [-0.3, -0.25) is 4.68 Å². The number of nitrogens with zero attached hydrogens (tertiary/aromatic N) is 4. The van der Waals surface area contributed by atoms with Crippen molar-refractivity contribution in [1.29, 1.82) is 0 Å². The molecule has 2 N–H and O–H groups in total. The molecule has 1 aromatic heterocycles. The van der Waals surface area contributed by atoms with Gasteiger partial charge in [0.1, 0.15) is 12.4 Å². The zero-order valence-electron chi connectivity index (χ0n) is 10.4.